The second-order valence-electron chi connectivity index (χ2n) is 4.79. The maximum absolute atomic E-state index is 13.0. The molecule has 0 fully saturated rings. The normalized spacial score (nSPS) is 13.6. The van der Waals surface area contributed by atoms with Crippen molar-refractivity contribution in [2.75, 3.05) is 0 Å². The highest BCUT2D eigenvalue weighted by Crippen LogP contribution is 2.37. The summed E-state index contributed by atoms with van der Waals surface area (Å²) in [6.45, 7) is 1.89. The highest BCUT2D eigenvalue weighted by Gasteiger charge is 2.30. The molecule has 1 aliphatic rings. The van der Waals surface area contributed by atoms with Crippen molar-refractivity contribution in [1.82, 2.24) is 0 Å². The van der Waals surface area contributed by atoms with Crippen molar-refractivity contribution in [3.63, 3.8) is 0 Å². The molecule has 0 saturated carbocycles. The van der Waals surface area contributed by atoms with Crippen LogP contribution < -0.4 is 0 Å². The molecule has 3 heteroatoms. The summed E-state index contributed by atoms with van der Waals surface area (Å²) in [5, 5.41) is 0. The van der Waals surface area contributed by atoms with Crippen LogP contribution in [0.1, 0.15) is 27.0 Å². The summed E-state index contributed by atoms with van der Waals surface area (Å²) >= 11 is 0. The number of aryl methyl sites for hydroxylation is 1. The lowest BCUT2D eigenvalue weighted by Crippen LogP contribution is -1.99. The van der Waals surface area contributed by atoms with Crippen LogP contribution in [-0.2, 0) is 4.79 Å². The van der Waals surface area contributed by atoms with E-state index in [2.05, 4.69) is 0 Å². The van der Waals surface area contributed by atoms with Crippen LogP contribution >= 0.6 is 0 Å². The van der Waals surface area contributed by atoms with Gasteiger partial charge in [0.15, 0.2) is 12.1 Å². The number of ketones is 1. The lowest BCUT2D eigenvalue weighted by molar-refractivity contribution is -0.103. The van der Waals surface area contributed by atoms with Crippen molar-refractivity contribution in [3.05, 3.63) is 70.5 Å². The van der Waals surface area contributed by atoms with E-state index in [1.807, 2.05) is 13.0 Å². The number of allylic oxidation sites excluding steroid dienone is 2. The van der Waals surface area contributed by atoms with Gasteiger partial charge in [-0.2, -0.15) is 0 Å². The Kier molecular flexibility index (Phi) is 2.83. The number of carbonyl (C=O) groups excluding carboxylic acids is 2. The summed E-state index contributed by atoms with van der Waals surface area (Å²) in [6, 6.07) is 11.0. The monoisotopic (exact) mass is 266 g/mol. The molecule has 0 bridgehead atoms. The molecular weight excluding hydrogens is 255 g/mol. The number of halogens is 1. The third kappa shape index (κ3) is 1.79. The summed E-state index contributed by atoms with van der Waals surface area (Å²) in [7, 11) is 0. The van der Waals surface area contributed by atoms with Gasteiger partial charge in [0.2, 0.25) is 0 Å². The van der Waals surface area contributed by atoms with Gasteiger partial charge in [0, 0.05) is 16.7 Å². The van der Waals surface area contributed by atoms with Crippen molar-refractivity contribution in [3.8, 4) is 0 Å². The Hall–Kier alpha value is -2.55. The Morgan fingerprint density at radius 1 is 1.00 bits per heavy atom. The van der Waals surface area contributed by atoms with Crippen molar-refractivity contribution >= 4 is 23.2 Å². The van der Waals surface area contributed by atoms with E-state index < -0.39 is 0 Å². The molecule has 0 unspecified atom stereocenters. The molecule has 2 nitrogen and oxygen atoms in total. The molecule has 2 aromatic carbocycles. The van der Waals surface area contributed by atoms with Crippen LogP contribution in [0.5, 0.6) is 0 Å². The molecule has 0 atom stereocenters. The number of carbonyl (C=O) groups is 2. The Bertz CT molecular complexity index is 755. The lowest BCUT2D eigenvalue weighted by Gasteiger charge is -2.02. The van der Waals surface area contributed by atoms with E-state index in [4.69, 9.17) is 0 Å². The fourth-order valence-corrected chi connectivity index (χ4v) is 2.50. The van der Waals surface area contributed by atoms with Gasteiger partial charge in [-0.25, -0.2) is 4.39 Å². The Balaban J connectivity index is 2.23. The van der Waals surface area contributed by atoms with E-state index >= 15 is 0 Å². The van der Waals surface area contributed by atoms with Crippen molar-refractivity contribution < 1.29 is 14.0 Å². The Morgan fingerprint density at radius 3 is 2.35 bits per heavy atom. The van der Waals surface area contributed by atoms with E-state index in [1.54, 1.807) is 12.1 Å². The minimum atomic E-state index is -0.374. The maximum atomic E-state index is 13.0. The standard InChI is InChI=1S/C17H11FO2/c1-10-2-7-13-14(8-10)17(20)16(15(13)9-19)11-3-5-12(18)6-4-11/h2-9H,1H3. The minimum absolute atomic E-state index is 0.183. The summed E-state index contributed by atoms with van der Waals surface area (Å²) in [4.78, 5) is 23.9. The average molecular weight is 266 g/mol. The van der Waals surface area contributed by atoms with E-state index in [0.29, 0.717) is 34.1 Å². The molecule has 0 aromatic heterocycles. The van der Waals surface area contributed by atoms with Gasteiger partial charge in [-0.15, -0.1) is 0 Å². The first-order valence-electron chi connectivity index (χ1n) is 6.23. The molecule has 0 radical (unpaired) electrons. The van der Waals surface area contributed by atoms with E-state index in [9.17, 15) is 14.0 Å². The molecule has 0 saturated heterocycles. The lowest BCUT2D eigenvalue weighted by atomic mass is 10.0. The summed E-state index contributed by atoms with van der Waals surface area (Å²) < 4.78 is 13.0. The topological polar surface area (TPSA) is 34.1 Å². The van der Waals surface area contributed by atoms with E-state index in [0.717, 1.165) is 5.56 Å². The van der Waals surface area contributed by atoms with Gasteiger partial charge in [-0.05, 0) is 36.2 Å². The fraction of sp³-hybridized carbons (Fsp3) is 0.0588. The molecule has 0 aliphatic heterocycles. The zero-order chi connectivity index (χ0) is 14.3. The smallest absolute Gasteiger partial charge is 0.195 e. The van der Waals surface area contributed by atoms with Crippen LogP contribution in [0.25, 0.3) is 11.1 Å². The van der Waals surface area contributed by atoms with Gasteiger partial charge < -0.3 is 0 Å². The van der Waals surface area contributed by atoms with Crippen LogP contribution in [0.2, 0.25) is 0 Å². The van der Waals surface area contributed by atoms with Crippen molar-refractivity contribution in [2.45, 2.75) is 6.92 Å². The number of hydrogen-bond donors (Lipinski definition) is 0. The summed E-state index contributed by atoms with van der Waals surface area (Å²) in [5.41, 5.74) is 3.42. The third-order valence-electron chi connectivity index (χ3n) is 3.46. The summed E-state index contributed by atoms with van der Waals surface area (Å²) in [6.07, 6.45) is 0.692. The molecule has 0 heterocycles. The highest BCUT2D eigenvalue weighted by molar-refractivity contribution is 6.46. The maximum Gasteiger partial charge on any atom is 0.195 e. The molecule has 3 rings (SSSR count). The quantitative estimate of drug-likeness (QED) is 0.780. The molecule has 0 amide bonds. The van der Waals surface area contributed by atoms with Crippen LogP contribution in [0.15, 0.2) is 42.5 Å². The fourth-order valence-electron chi connectivity index (χ4n) is 2.50. The van der Waals surface area contributed by atoms with Gasteiger partial charge >= 0.3 is 0 Å². The first-order chi connectivity index (χ1) is 9.61. The molecule has 1 aliphatic carbocycles. The first-order valence-corrected chi connectivity index (χ1v) is 6.23. The predicted molar refractivity (Wildman–Crippen MR) is 74.8 cm³/mol. The zero-order valence-corrected chi connectivity index (χ0v) is 10.8. The van der Waals surface area contributed by atoms with Gasteiger partial charge in [0.05, 0.1) is 0 Å². The van der Waals surface area contributed by atoms with Gasteiger partial charge in [-0.3, -0.25) is 9.59 Å². The average Bonchev–Trinajstić information content (AvgIpc) is 2.72. The number of aldehydes is 1. The third-order valence-corrected chi connectivity index (χ3v) is 3.46. The first kappa shape index (κ1) is 12.5. The Morgan fingerprint density at radius 2 is 1.70 bits per heavy atom. The predicted octanol–water partition coefficient (Wildman–Crippen LogP) is 3.44. The molecule has 0 spiro atoms. The second kappa shape index (κ2) is 4.53. The number of fused-ring (bicyclic) bond motifs is 1. The number of Topliss-reactive ketones (excluding diaryl/α,β-unsaturated/α-hetero) is 1. The van der Waals surface area contributed by atoms with Crippen LogP contribution in [0.3, 0.4) is 0 Å². The molecule has 2 aromatic rings. The molecule has 98 valence electrons. The van der Waals surface area contributed by atoms with E-state index in [-0.39, 0.29) is 11.6 Å². The van der Waals surface area contributed by atoms with Crippen molar-refractivity contribution in [1.29, 1.82) is 0 Å². The van der Waals surface area contributed by atoms with Crippen LogP contribution in [0, 0.1) is 12.7 Å². The zero-order valence-electron chi connectivity index (χ0n) is 10.8. The molecule has 0 N–H and O–H groups in total. The molecule has 20 heavy (non-hydrogen) atoms. The van der Waals surface area contributed by atoms with Gasteiger partial charge in [0.25, 0.3) is 0 Å². The van der Waals surface area contributed by atoms with E-state index in [1.165, 1.54) is 24.3 Å². The summed E-state index contributed by atoms with van der Waals surface area (Å²) in [5.74, 6) is -0.557. The van der Waals surface area contributed by atoms with Crippen LogP contribution in [-0.4, -0.2) is 12.1 Å². The SMILES string of the molecule is Cc1ccc2c(c1)C(=O)C(c1ccc(F)cc1)=C2C=O. The highest BCUT2D eigenvalue weighted by atomic mass is 19.1. The molecular formula is C17H11FO2. The van der Waals surface area contributed by atoms with Crippen LogP contribution in [0.4, 0.5) is 4.39 Å². The van der Waals surface area contributed by atoms with Gasteiger partial charge in [-0.1, -0.05) is 29.8 Å². The second-order valence-corrected chi connectivity index (χ2v) is 4.79. The number of benzene rings is 2. The van der Waals surface area contributed by atoms with Gasteiger partial charge in [0.1, 0.15) is 5.82 Å². The largest absolute Gasteiger partial charge is 0.298 e. The number of hydrogen-bond acceptors (Lipinski definition) is 2. The number of rotatable bonds is 2. The minimum Gasteiger partial charge on any atom is -0.298 e. The van der Waals surface area contributed by atoms with Crippen molar-refractivity contribution in [2.24, 2.45) is 0 Å². The Labute approximate surface area is 115 Å².